The lowest BCUT2D eigenvalue weighted by atomic mass is 9.80. The molecule has 2 N–H and O–H groups in total. The summed E-state index contributed by atoms with van der Waals surface area (Å²) in [6.07, 6.45) is -4.91. The number of amides is 2. The van der Waals surface area contributed by atoms with Gasteiger partial charge in [-0.2, -0.15) is 5.26 Å². The Morgan fingerprint density at radius 3 is 1.81 bits per heavy atom. The van der Waals surface area contributed by atoms with Crippen LogP contribution in [0.4, 0.5) is 0 Å². The summed E-state index contributed by atoms with van der Waals surface area (Å²) >= 11 is 0. The first-order chi connectivity index (χ1) is 36.9. The van der Waals surface area contributed by atoms with E-state index in [2.05, 4.69) is 49.1 Å². The van der Waals surface area contributed by atoms with Crippen LogP contribution in [-0.4, -0.2) is 157 Å². The van der Waals surface area contributed by atoms with Gasteiger partial charge in [0, 0.05) is 52.7 Å². The predicted molar refractivity (Wildman–Crippen MR) is 282 cm³/mol. The van der Waals surface area contributed by atoms with E-state index in [1.807, 2.05) is 78.9 Å². The molecule has 0 bridgehead atoms. The Morgan fingerprint density at radius 1 is 0.714 bits per heavy atom. The second kappa shape index (κ2) is 33.5. The smallest absolute Gasteiger partial charge is 0.303 e. The van der Waals surface area contributed by atoms with Gasteiger partial charge in [0.1, 0.15) is 35.9 Å². The summed E-state index contributed by atoms with van der Waals surface area (Å²) < 4.78 is 72.9. The van der Waals surface area contributed by atoms with Crippen LogP contribution in [0.2, 0.25) is 0 Å². The molecule has 22 heteroatoms. The maximum atomic E-state index is 13.4. The summed E-state index contributed by atoms with van der Waals surface area (Å²) in [6.45, 7) is 13.4. The molecular formula is C55H77N4O17P. The van der Waals surface area contributed by atoms with Crippen molar-refractivity contribution < 1.29 is 80.4 Å². The molecule has 1 aliphatic rings. The number of methoxy groups -OCH3 is 2. The highest BCUT2D eigenvalue weighted by Crippen LogP contribution is 2.48. The van der Waals surface area contributed by atoms with E-state index in [-0.39, 0.29) is 90.2 Å². The molecule has 1 aliphatic heterocycles. The number of hydrogen-bond donors (Lipinski definition) is 2. The van der Waals surface area contributed by atoms with Crippen molar-refractivity contribution in [2.75, 3.05) is 73.6 Å². The van der Waals surface area contributed by atoms with Gasteiger partial charge in [0.25, 0.3) is 8.53 Å². The summed E-state index contributed by atoms with van der Waals surface area (Å²) in [5.41, 5.74) is 1.51. The van der Waals surface area contributed by atoms with Crippen LogP contribution >= 0.6 is 8.53 Å². The van der Waals surface area contributed by atoms with E-state index in [0.717, 1.165) is 30.5 Å². The van der Waals surface area contributed by atoms with Crippen molar-refractivity contribution >= 4 is 38.2 Å². The number of hydrogen-bond acceptors (Lipinski definition) is 19. The highest BCUT2D eigenvalue weighted by atomic mass is 31.2. The van der Waals surface area contributed by atoms with Crippen LogP contribution in [-0.2, 0) is 76.5 Å². The Kier molecular flexibility index (Phi) is 27.7. The van der Waals surface area contributed by atoms with Crippen LogP contribution in [0.25, 0.3) is 0 Å². The first-order valence-electron chi connectivity index (χ1n) is 25.6. The maximum Gasteiger partial charge on any atom is 0.303 e. The molecule has 1 unspecified atom stereocenters. The first kappa shape index (κ1) is 63.7. The second-order valence-corrected chi connectivity index (χ2v) is 19.7. The molecule has 0 saturated carbocycles. The van der Waals surface area contributed by atoms with E-state index >= 15 is 0 Å². The minimum Gasteiger partial charge on any atom is -0.497 e. The molecule has 0 radical (unpaired) electrons. The fourth-order valence-corrected chi connectivity index (χ4v) is 10.2. The van der Waals surface area contributed by atoms with Gasteiger partial charge in [0.15, 0.2) is 18.5 Å². The SMILES string of the molecule is COc1ccc(C(OCC[C@H](CNC(=O)CCOCCOCCO[C@@H]2O[C@H](COC(C)=O)[C@H](OC(C)=O)[C@H](OC(C)=O)[C@H]2NC(C)=O)OP(OCCC#N)N(C(C)C)C(C)C)(c2ccccc2)c2ccc(OC)cc2)cc1. The molecule has 1 fully saturated rings. The number of nitriles is 1. The summed E-state index contributed by atoms with van der Waals surface area (Å²) in [4.78, 5) is 61.6. The van der Waals surface area contributed by atoms with Crippen LogP contribution in [0.15, 0.2) is 78.9 Å². The molecule has 21 nitrogen and oxygen atoms in total. The van der Waals surface area contributed by atoms with Crippen LogP contribution < -0.4 is 20.1 Å². The van der Waals surface area contributed by atoms with Crippen molar-refractivity contribution in [2.24, 2.45) is 0 Å². The number of ether oxygens (including phenoxy) is 10. The fourth-order valence-electron chi connectivity index (χ4n) is 8.49. The predicted octanol–water partition coefficient (Wildman–Crippen LogP) is 6.28. The molecule has 0 aliphatic carbocycles. The molecule has 1 heterocycles. The molecule has 4 rings (SSSR count). The lowest BCUT2D eigenvalue weighted by molar-refractivity contribution is -0.279. The number of rotatable bonds is 34. The minimum absolute atomic E-state index is 0.0321. The van der Waals surface area contributed by atoms with E-state index in [0.29, 0.717) is 17.9 Å². The van der Waals surface area contributed by atoms with Gasteiger partial charge in [-0.1, -0.05) is 54.6 Å². The zero-order chi connectivity index (χ0) is 56.3. The molecule has 7 atom stereocenters. The summed E-state index contributed by atoms with van der Waals surface area (Å²) in [6, 6.07) is 26.6. The molecule has 3 aromatic carbocycles. The number of nitrogens with zero attached hydrogens (tertiary/aromatic N) is 2. The summed E-state index contributed by atoms with van der Waals surface area (Å²) in [5.74, 6) is -1.48. The monoisotopic (exact) mass is 1100 g/mol. The Hall–Kier alpha value is -5.79. The number of esters is 3. The normalized spacial score (nSPS) is 18.2. The van der Waals surface area contributed by atoms with Crippen molar-refractivity contribution in [1.29, 1.82) is 5.26 Å². The number of carbonyl (C=O) groups excluding carboxylic acids is 5. The van der Waals surface area contributed by atoms with Crippen molar-refractivity contribution in [1.82, 2.24) is 15.3 Å². The molecule has 2 amide bonds. The Morgan fingerprint density at radius 2 is 1.27 bits per heavy atom. The average molecular weight is 1100 g/mol. The van der Waals surface area contributed by atoms with E-state index < -0.39 is 74.7 Å². The van der Waals surface area contributed by atoms with Crippen molar-refractivity contribution in [3.05, 3.63) is 95.6 Å². The van der Waals surface area contributed by atoms with Crippen molar-refractivity contribution in [2.45, 2.75) is 129 Å². The second-order valence-electron chi connectivity index (χ2n) is 18.3. The largest absolute Gasteiger partial charge is 0.497 e. The molecule has 0 spiro atoms. The molecule has 0 aromatic heterocycles. The van der Waals surface area contributed by atoms with Crippen LogP contribution in [0.5, 0.6) is 11.5 Å². The molecule has 77 heavy (non-hydrogen) atoms. The topological polar surface area (TPSA) is 247 Å². The van der Waals surface area contributed by atoms with E-state index in [1.54, 1.807) is 14.2 Å². The lowest BCUT2D eigenvalue weighted by Gasteiger charge is -2.44. The highest BCUT2D eigenvalue weighted by Gasteiger charge is 2.51. The zero-order valence-electron chi connectivity index (χ0n) is 45.9. The number of nitrogens with one attached hydrogen (secondary N) is 2. The van der Waals surface area contributed by atoms with Crippen molar-refractivity contribution in [3.63, 3.8) is 0 Å². The van der Waals surface area contributed by atoms with Crippen molar-refractivity contribution in [3.8, 4) is 17.6 Å². The van der Waals surface area contributed by atoms with Gasteiger partial charge in [-0.15, -0.1) is 0 Å². The average Bonchev–Trinajstić information content (AvgIpc) is 3.40. The van der Waals surface area contributed by atoms with Crippen LogP contribution in [0, 0.1) is 11.3 Å². The number of carbonyl (C=O) groups is 5. The fraction of sp³-hybridized carbons (Fsp3) is 0.564. The highest BCUT2D eigenvalue weighted by molar-refractivity contribution is 7.44. The molecular weight excluding hydrogens is 1020 g/mol. The first-order valence-corrected chi connectivity index (χ1v) is 26.7. The van der Waals surface area contributed by atoms with Gasteiger partial charge in [-0.05, 0) is 75.1 Å². The molecule has 3 aromatic rings. The Bertz CT molecular complexity index is 2250. The number of benzene rings is 3. The van der Waals surface area contributed by atoms with E-state index in [4.69, 9.17) is 56.4 Å². The maximum absolute atomic E-state index is 13.4. The zero-order valence-corrected chi connectivity index (χ0v) is 46.8. The van der Waals surface area contributed by atoms with Gasteiger partial charge in [-0.25, -0.2) is 4.67 Å². The van der Waals surface area contributed by atoms with Crippen LogP contribution in [0.1, 0.15) is 91.3 Å². The van der Waals surface area contributed by atoms with E-state index in [9.17, 15) is 29.2 Å². The third-order valence-electron chi connectivity index (χ3n) is 11.8. The van der Waals surface area contributed by atoms with Gasteiger partial charge in [0.2, 0.25) is 11.8 Å². The summed E-state index contributed by atoms with van der Waals surface area (Å²) in [7, 11) is 1.54. The Balaban J connectivity index is 1.41. The molecule has 1 saturated heterocycles. The van der Waals surface area contributed by atoms with Gasteiger partial charge in [-0.3, -0.25) is 24.0 Å². The quantitative estimate of drug-likeness (QED) is 0.0220. The van der Waals surface area contributed by atoms with Gasteiger partial charge < -0.3 is 67.0 Å². The summed E-state index contributed by atoms with van der Waals surface area (Å²) in [5, 5.41) is 15.1. The van der Waals surface area contributed by atoms with E-state index in [1.165, 1.54) is 13.8 Å². The van der Waals surface area contributed by atoms with Gasteiger partial charge >= 0.3 is 17.9 Å². The lowest BCUT2D eigenvalue weighted by Crippen LogP contribution is -2.66. The minimum atomic E-state index is -1.70. The third-order valence-corrected chi connectivity index (χ3v) is 14.0. The standard InChI is InChI=1S/C55H77N4O17P/c1-37(2)59(38(3)4)77(72-28-14-27-56)76-48(25-30-71-55(43-15-12-11-13-16-43,44-17-21-46(65-9)22-18-44)45-19-23-47(66-10)24-20-45)35-57-50(64)26-29-67-31-32-68-33-34-69-54-51(58-39(5)60)53(74-42(8)63)52(73-41(7)62)49(75-54)36-70-40(6)61/h11-13,15-24,37-38,48-49,51-54H,14,25-26,28-36H2,1-10H3,(H,57,64)(H,58,60)/t48-,49-,51-,52+,53-,54-,77?/m1/s1. The van der Waals surface area contributed by atoms with Crippen LogP contribution in [0.3, 0.4) is 0 Å². The molecule has 424 valence electrons. The van der Waals surface area contributed by atoms with Gasteiger partial charge in [0.05, 0.1) is 79.1 Å². The Labute approximate surface area is 453 Å². The third kappa shape index (κ3) is 20.5.